The molecule has 3 aromatic carbocycles. The molecule has 3 aromatic rings. The molecule has 1 unspecified atom stereocenters. The Morgan fingerprint density at radius 3 is 2.52 bits per heavy atom. The second-order valence-corrected chi connectivity index (χ2v) is 7.43. The maximum absolute atomic E-state index is 11.3. The molecule has 4 rings (SSSR count). The van der Waals surface area contributed by atoms with E-state index in [0.29, 0.717) is 11.6 Å². The van der Waals surface area contributed by atoms with E-state index in [0.717, 1.165) is 29.9 Å². The average molecular weight is 410 g/mol. The number of nitro groups is 1. The molecule has 0 bridgehead atoms. The van der Waals surface area contributed by atoms with Gasteiger partial charge in [-0.2, -0.15) is 0 Å². The lowest BCUT2D eigenvalue weighted by Crippen LogP contribution is -2.30. The quantitative estimate of drug-likeness (QED) is 0.475. The Morgan fingerprint density at radius 1 is 1.03 bits per heavy atom. The van der Waals surface area contributed by atoms with E-state index in [-0.39, 0.29) is 22.5 Å². The number of aromatic hydroxyl groups is 1. The molecule has 6 nitrogen and oxygen atoms in total. The highest BCUT2D eigenvalue weighted by molar-refractivity contribution is 6.30. The molecule has 1 heterocycles. The standard InChI is InChI=1S/C22H20ClN3O3/c23-18-8-10-19(11-9-18)25-13-12-24(15-17-4-1-2-7-21(17)27)22(25)16-5-3-6-20(14-16)26(28)29/h1-11,14,22,27H,12-13,15H2. The Bertz CT molecular complexity index is 1030. The van der Waals surface area contributed by atoms with E-state index >= 15 is 0 Å². The van der Waals surface area contributed by atoms with Gasteiger partial charge >= 0.3 is 0 Å². The van der Waals surface area contributed by atoms with Crippen molar-refractivity contribution in [2.24, 2.45) is 0 Å². The summed E-state index contributed by atoms with van der Waals surface area (Å²) in [4.78, 5) is 15.3. The largest absolute Gasteiger partial charge is 0.508 e. The van der Waals surface area contributed by atoms with Crippen molar-refractivity contribution in [2.45, 2.75) is 12.7 Å². The maximum atomic E-state index is 11.3. The van der Waals surface area contributed by atoms with Crippen LogP contribution in [0.1, 0.15) is 17.3 Å². The Hall–Kier alpha value is -3.09. The molecule has 1 aliphatic rings. The number of nitrogens with zero attached hydrogens (tertiary/aromatic N) is 3. The van der Waals surface area contributed by atoms with Crippen molar-refractivity contribution in [1.29, 1.82) is 0 Å². The summed E-state index contributed by atoms with van der Waals surface area (Å²) >= 11 is 6.05. The van der Waals surface area contributed by atoms with E-state index in [2.05, 4.69) is 9.80 Å². The van der Waals surface area contributed by atoms with Gasteiger partial charge in [0.1, 0.15) is 11.9 Å². The summed E-state index contributed by atoms with van der Waals surface area (Å²) < 4.78 is 0. The van der Waals surface area contributed by atoms with Crippen LogP contribution in [0.3, 0.4) is 0 Å². The zero-order valence-electron chi connectivity index (χ0n) is 15.6. The van der Waals surface area contributed by atoms with E-state index in [9.17, 15) is 15.2 Å². The molecule has 7 heteroatoms. The number of rotatable bonds is 5. The summed E-state index contributed by atoms with van der Waals surface area (Å²) in [6.45, 7) is 2.04. The molecule has 1 fully saturated rings. The lowest BCUT2D eigenvalue weighted by atomic mass is 10.1. The highest BCUT2D eigenvalue weighted by Gasteiger charge is 2.34. The molecule has 29 heavy (non-hydrogen) atoms. The fraction of sp³-hybridized carbons (Fsp3) is 0.182. The third-order valence-corrected chi connectivity index (χ3v) is 5.42. The summed E-state index contributed by atoms with van der Waals surface area (Å²) in [5, 5.41) is 22.2. The number of nitro benzene ring substituents is 1. The molecule has 0 radical (unpaired) electrons. The van der Waals surface area contributed by atoms with Gasteiger partial charge in [-0.25, -0.2) is 0 Å². The summed E-state index contributed by atoms with van der Waals surface area (Å²) in [7, 11) is 0. The van der Waals surface area contributed by atoms with Crippen LogP contribution in [0.15, 0.2) is 72.8 Å². The second kappa shape index (κ2) is 8.11. The van der Waals surface area contributed by atoms with Crippen LogP contribution >= 0.6 is 11.6 Å². The number of hydrogen-bond acceptors (Lipinski definition) is 5. The fourth-order valence-corrected chi connectivity index (χ4v) is 3.93. The molecular weight excluding hydrogens is 390 g/mol. The van der Waals surface area contributed by atoms with Crippen LogP contribution in [-0.2, 0) is 6.54 Å². The monoisotopic (exact) mass is 409 g/mol. The van der Waals surface area contributed by atoms with Crippen molar-refractivity contribution < 1.29 is 10.0 Å². The maximum Gasteiger partial charge on any atom is 0.269 e. The summed E-state index contributed by atoms with van der Waals surface area (Å²) in [5.41, 5.74) is 2.71. The number of phenolic OH excluding ortho intramolecular Hbond substituents is 1. The van der Waals surface area contributed by atoms with E-state index in [4.69, 9.17) is 11.6 Å². The Morgan fingerprint density at radius 2 is 1.79 bits per heavy atom. The molecule has 0 aromatic heterocycles. The van der Waals surface area contributed by atoms with Gasteiger partial charge in [0.2, 0.25) is 0 Å². The van der Waals surface area contributed by atoms with Gasteiger partial charge in [0.05, 0.1) is 4.92 Å². The van der Waals surface area contributed by atoms with Crippen molar-refractivity contribution in [3.05, 3.63) is 99.1 Å². The molecule has 1 aliphatic heterocycles. The smallest absolute Gasteiger partial charge is 0.269 e. The van der Waals surface area contributed by atoms with Crippen molar-refractivity contribution >= 4 is 23.0 Å². The first-order chi connectivity index (χ1) is 14.0. The first kappa shape index (κ1) is 19.2. The lowest BCUT2D eigenvalue weighted by molar-refractivity contribution is -0.384. The van der Waals surface area contributed by atoms with Crippen LogP contribution in [0.2, 0.25) is 5.02 Å². The van der Waals surface area contributed by atoms with Gasteiger partial charge in [-0.05, 0) is 35.9 Å². The number of hydrogen-bond donors (Lipinski definition) is 1. The predicted octanol–water partition coefficient (Wildman–Crippen LogP) is 4.97. The van der Waals surface area contributed by atoms with E-state index in [1.165, 1.54) is 6.07 Å². The summed E-state index contributed by atoms with van der Waals surface area (Å²) in [6.07, 6.45) is -0.198. The Balaban J connectivity index is 1.73. The third kappa shape index (κ3) is 4.04. The highest BCUT2D eigenvalue weighted by atomic mass is 35.5. The first-order valence-corrected chi connectivity index (χ1v) is 9.68. The van der Waals surface area contributed by atoms with Gasteiger partial charge in [-0.1, -0.05) is 41.9 Å². The first-order valence-electron chi connectivity index (χ1n) is 9.30. The van der Waals surface area contributed by atoms with Gasteiger partial charge in [0.25, 0.3) is 5.69 Å². The zero-order chi connectivity index (χ0) is 20.4. The Labute approximate surface area is 173 Å². The molecule has 148 valence electrons. The molecule has 1 N–H and O–H groups in total. The number of halogens is 1. The minimum Gasteiger partial charge on any atom is -0.508 e. The number of phenols is 1. The second-order valence-electron chi connectivity index (χ2n) is 6.99. The molecule has 0 spiro atoms. The number of para-hydroxylation sites is 1. The summed E-state index contributed by atoms with van der Waals surface area (Å²) in [6, 6.07) is 21.6. The Kier molecular flexibility index (Phi) is 5.38. The van der Waals surface area contributed by atoms with Gasteiger partial charge in [0.15, 0.2) is 0 Å². The molecule has 0 saturated carbocycles. The zero-order valence-corrected chi connectivity index (χ0v) is 16.4. The molecule has 0 amide bonds. The minimum atomic E-state index is -0.377. The highest BCUT2D eigenvalue weighted by Crippen LogP contribution is 2.37. The van der Waals surface area contributed by atoms with Gasteiger partial charge in [-0.15, -0.1) is 0 Å². The predicted molar refractivity (Wildman–Crippen MR) is 113 cm³/mol. The van der Waals surface area contributed by atoms with E-state index in [1.807, 2.05) is 42.5 Å². The number of anilines is 1. The summed E-state index contributed by atoms with van der Waals surface area (Å²) in [5.74, 6) is 0.246. The van der Waals surface area contributed by atoms with Gasteiger partial charge in [-0.3, -0.25) is 15.0 Å². The van der Waals surface area contributed by atoms with E-state index in [1.54, 1.807) is 24.3 Å². The average Bonchev–Trinajstić information content (AvgIpc) is 3.14. The van der Waals surface area contributed by atoms with Gasteiger partial charge < -0.3 is 10.0 Å². The number of non-ortho nitro benzene ring substituents is 1. The van der Waals surface area contributed by atoms with Gasteiger partial charge in [0, 0.05) is 48.0 Å². The van der Waals surface area contributed by atoms with Crippen LogP contribution in [-0.4, -0.2) is 28.0 Å². The fourth-order valence-electron chi connectivity index (χ4n) is 3.80. The molecule has 1 atom stereocenters. The van der Waals surface area contributed by atoms with Crippen LogP contribution in [0, 0.1) is 10.1 Å². The van der Waals surface area contributed by atoms with Crippen molar-refractivity contribution in [3.8, 4) is 5.75 Å². The topological polar surface area (TPSA) is 69.8 Å². The molecule has 0 aliphatic carbocycles. The van der Waals surface area contributed by atoms with Crippen molar-refractivity contribution in [1.82, 2.24) is 4.90 Å². The molecule has 1 saturated heterocycles. The normalized spacial score (nSPS) is 16.9. The van der Waals surface area contributed by atoms with Crippen LogP contribution < -0.4 is 4.90 Å². The number of benzene rings is 3. The SMILES string of the molecule is O=[N+]([O-])c1cccc(C2N(Cc3ccccc3O)CCN2c2ccc(Cl)cc2)c1. The lowest BCUT2D eigenvalue weighted by Gasteiger charge is -2.32. The van der Waals surface area contributed by atoms with Crippen LogP contribution in [0.4, 0.5) is 11.4 Å². The van der Waals surface area contributed by atoms with Crippen LogP contribution in [0.25, 0.3) is 0 Å². The van der Waals surface area contributed by atoms with Crippen molar-refractivity contribution in [2.75, 3.05) is 18.0 Å². The van der Waals surface area contributed by atoms with E-state index < -0.39 is 0 Å². The van der Waals surface area contributed by atoms with Crippen molar-refractivity contribution in [3.63, 3.8) is 0 Å². The molecular formula is C22H20ClN3O3. The van der Waals surface area contributed by atoms with Crippen LogP contribution in [0.5, 0.6) is 5.75 Å². The third-order valence-electron chi connectivity index (χ3n) is 5.17. The minimum absolute atomic E-state index is 0.0629.